The summed E-state index contributed by atoms with van der Waals surface area (Å²) in [4.78, 5) is 6.48. The molecule has 4 rings (SSSR count). The van der Waals surface area contributed by atoms with Gasteiger partial charge in [0.2, 0.25) is 0 Å². The van der Waals surface area contributed by atoms with Crippen LogP contribution in [0.25, 0.3) is 10.9 Å². The zero-order chi connectivity index (χ0) is 20.6. The molecule has 0 fully saturated rings. The number of fused-ring (bicyclic) bond motifs is 3. The fourth-order valence-electron chi connectivity index (χ4n) is 3.98. The summed E-state index contributed by atoms with van der Waals surface area (Å²) in [5, 5.41) is 12.0. The van der Waals surface area contributed by atoms with Gasteiger partial charge in [-0.25, -0.2) is 0 Å². The van der Waals surface area contributed by atoms with E-state index in [0.717, 1.165) is 36.3 Å². The highest BCUT2D eigenvalue weighted by atomic mass is 16.5. The van der Waals surface area contributed by atoms with Crippen molar-refractivity contribution in [1.29, 1.82) is 0 Å². The zero-order valence-electron chi connectivity index (χ0n) is 17.4. The van der Waals surface area contributed by atoms with Crippen LogP contribution >= 0.6 is 0 Å². The van der Waals surface area contributed by atoms with Crippen molar-refractivity contribution in [2.45, 2.75) is 45.0 Å². The van der Waals surface area contributed by atoms with E-state index in [0.29, 0.717) is 13.2 Å². The molecule has 0 aliphatic carbocycles. The first-order valence-corrected chi connectivity index (χ1v) is 10.1. The van der Waals surface area contributed by atoms with E-state index in [-0.39, 0.29) is 5.54 Å². The molecule has 1 atom stereocenters. The van der Waals surface area contributed by atoms with E-state index in [1.54, 1.807) is 12.4 Å². The Morgan fingerprint density at radius 2 is 2.14 bits per heavy atom. The predicted octanol–water partition coefficient (Wildman–Crippen LogP) is 2.87. The van der Waals surface area contributed by atoms with Gasteiger partial charge in [-0.2, -0.15) is 0 Å². The van der Waals surface area contributed by atoms with Gasteiger partial charge in [0.25, 0.3) is 0 Å². The lowest BCUT2D eigenvalue weighted by Crippen LogP contribution is -2.38. The van der Waals surface area contributed by atoms with E-state index in [9.17, 15) is 5.11 Å². The average molecular weight is 395 g/mol. The minimum Gasteiger partial charge on any atom is -0.492 e. The van der Waals surface area contributed by atoms with E-state index in [4.69, 9.17) is 10.5 Å². The lowest BCUT2D eigenvalue weighted by molar-refractivity contribution is 0.155. The lowest BCUT2D eigenvalue weighted by atomic mass is 10.0. The minimum absolute atomic E-state index is 0.381. The highest BCUT2D eigenvalue weighted by Gasteiger charge is 2.24. The lowest BCUT2D eigenvalue weighted by Gasteiger charge is -2.25. The van der Waals surface area contributed by atoms with Gasteiger partial charge in [0.15, 0.2) is 0 Å². The molecular weight excluding hydrogens is 364 g/mol. The molecule has 154 valence electrons. The summed E-state index contributed by atoms with van der Waals surface area (Å²) in [6, 6.07) is 9.99. The molecule has 0 spiro atoms. The molecule has 0 saturated carbocycles. The predicted molar refractivity (Wildman–Crippen MR) is 115 cm³/mol. The highest BCUT2D eigenvalue weighted by Crippen LogP contribution is 2.34. The minimum atomic E-state index is -0.600. The third-order valence-corrected chi connectivity index (χ3v) is 5.45. The van der Waals surface area contributed by atoms with Gasteiger partial charge in [-0.05, 0) is 50.7 Å². The second kappa shape index (κ2) is 7.78. The molecule has 3 N–H and O–H groups in total. The van der Waals surface area contributed by atoms with E-state index < -0.39 is 6.10 Å². The smallest absolute Gasteiger partial charge is 0.120 e. The van der Waals surface area contributed by atoms with E-state index in [1.807, 2.05) is 32.0 Å². The van der Waals surface area contributed by atoms with Crippen molar-refractivity contribution in [2.75, 3.05) is 20.2 Å². The van der Waals surface area contributed by atoms with Crippen molar-refractivity contribution in [3.8, 4) is 5.75 Å². The summed E-state index contributed by atoms with van der Waals surface area (Å²) < 4.78 is 8.22. The van der Waals surface area contributed by atoms with Crippen molar-refractivity contribution >= 4 is 10.9 Å². The number of rotatable bonds is 6. The molecule has 3 aromatic rings. The van der Waals surface area contributed by atoms with Gasteiger partial charge in [0.05, 0.1) is 12.6 Å². The molecule has 0 amide bonds. The van der Waals surface area contributed by atoms with Gasteiger partial charge < -0.3 is 25.0 Å². The van der Waals surface area contributed by atoms with Crippen LogP contribution in [0.15, 0.2) is 42.7 Å². The Morgan fingerprint density at radius 3 is 2.86 bits per heavy atom. The second-order valence-electron chi connectivity index (χ2n) is 8.78. The van der Waals surface area contributed by atoms with Crippen LogP contribution in [-0.4, -0.2) is 45.3 Å². The van der Waals surface area contributed by atoms with Crippen molar-refractivity contribution < 1.29 is 9.84 Å². The van der Waals surface area contributed by atoms with Crippen LogP contribution in [0.5, 0.6) is 5.75 Å². The van der Waals surface area contributed by atoms with Gasteiger partial charge in [-0.15, -0.1) is 0 Å². The number of hydrogen-bond acceptors (Lipinski definition) is 5. The summed E-state index contributed by atoms with van der Waals surface area (Å²) in [6.07, 6.45) is 3.82. The van der Waals surface area contributed by atoms with Crippen LogP contribution in [0.1, 0.15) is 36.8 Å². The van der Waals surface area contributed by atoms with Crippen LogP contribution in [0.4, 0.5) is 0 Å². The van der Waals surface area contributed by atoms with E-state index >= 15 is 0 Å². The van der Waals surface area contributed by atoms with Crippen molar-refractivity contribution in [3.63, 3.8) is 0 Å². The van der Waals surface area contributed by atoms with Gasteiger partial charge in [0.1, 0.15) is 12.4 Å². The standard InChI is InChI=1S/C23H30N4O2/c1-23(2,24)15-29-17-6-7-20-18(11-17)19-13-26(3)10-8-21(19)27(20)14-22(28)16-5-4-9-25-12-16/h4-7,9,11-12,22,28H,8,10,13-15,24H2,1-3H3. The number of hydrogen-bond donors (Lipinski definition) is 2. The zero-order valence-corrected chi connectivity index (χ0v) is 17.4. The second-order valence-corrected chi connectivity index (χ2v) is 8.78. The summed E-state index contributed by atoms with van der Waals surface area (Å²) in [5.41, 5.74) is 10.3. The Hall–Kier alpha value is -2.41. The Morgan fingerprint density at radius 1 is 1.31 bits per heavy atom. The molecule has 3 heterocycles. The number of aliphatic hydroxyl groups is 1. The molecule has 1 aliphatic rings. The van der Waals surface area contributed by atoms with Crippen molar-refractivity contribution in [3.05, 3.63) is 59.5 Å². The number of pyridine rings is 1. The fraction of sp³-hybridized carbons (Fsp3) is 0.435. The topological polar surface area (TPSA) is 76.5 Å². The number of aliphatic hydroxyl groups excluding tert-OH is 1. The number of benzene rings is 1. The molecule has 6 heteroatoms. The molecule has 0 radical (unpaired) electrons. The quantitative estimate of drug-likeness (QED) is 0.672. The summed E-state index contributed by atoms with van der Waals surface area (Å²) >= 11 is 0. The van der Waals surface area contributed by atoms with Crippen LogP contribution in [0, 0.1) is 0 Å². The first-order chi connectivity index (χ1) is 13.8. The number of nitrogens with two attached hydrogens (primary N) is 1. The molecule has 1 aliphatic heterocycles. The number of aromatic nitrogens is 2. The van der Waals surface area contributed by atoms with Gasteiger partial charge in [0, 0.05) is 59.6 Å². The number of nitrogens with zero attached hydrogens (tertiary/aromatic N) is 3. The van der Waals surface area contributed by atoms with Crippen LogP contribution in [-0.2, 0) is 19.5 Å². The normalized spacial score (nSPS) is 16.0. The fourth-order valence-corrected chi connectivity index (χ4v) is 3.98. The Balaban J connectivity index is 1.72. The van der Waals surface area contributed by atoms with Crippen LogP contribution in [0.2, 0.25) is 0 Å². The molecule has 2 aromatic heterocycles. The largest absolute Gasteiger partial charge is 0.492 e. The molecule has 0 saturated heterocycles. The highest BCUT2D eigenvalue weighted by molar-refractivity contribution is 5.87. The maximum Gasteiger partial charge on any atom is 0.120 e. The Bertz CT molecular complexity index is 992. The van der Waals surface area contributed by atoms with Crippen molar-refractivity contribution in [2.24, 2.45) is 5.73 Å². The first-order valence-electron chi connectivity index (χ1n) is 10.1. The molecule has 6 nitrogen and oxygen atoms in total. The van der Waals surface area contributed by atoms with Gasteiger partial charge >= 0.3 is 0 Å². The van der Waals surface area contributed by atoms with Gasteiger partial charge in [-0.3, -0.25) is 4.98 Å². The maximum absolute atomic E-state index is 10.8. The molecule has 29 heavy (non-hydrogen) atoms. The third kappa shape index (κ3) is 4.29. The molecular formula is C23H30N4O2. The molecule has 1 unspecified atom stereocenters. The average Bonchev–Trinajstić information content (AvgIpc) is 2.99. The maximum atomic E-state index is 10.8. The van der Waals surface area contributed by atoms with E-state index in [2.05, 4.69) is 33.6 Å². The Labute approximate surface area is 171 Å². The molecule has 0 bridgehead atoms. The van der Waals surface area contributed by atoms with E-state index in [1.165, 1.54) is 16.6 Å². The SMILES string of the molecule is CN1CCc2c(c3cc(OCC(C)(C)N)ccc3n2CC(O)c2cccnc2)C1. The van der Waals surface area contributed by atoms with Crippen LogP contribution in [0.3, 0.4) is 0 Å². The summed E-state index contributed by atoms with van der Waals surface area (Å²) in [6.45, 7) is 6.79. The molecule has 1 aromatic carbocycles. The van der Waals surface area contributed by atoms with Crippen LogP contribution < -0.4 is 10.5 Å². The number of likely N-dealkylation sites (N-methyl/N-ethyl adjacent to an activating group) is 1. The number of ether oxygens (including phenoxy) is 1. The summed E-state index contributed by atoms with van der Waals surface area (Å²) in [5.74, 6) is 0.831. The van der Waals surface area contributed by atoms with Crippen molar-refractivity contribution in [1.82, 2.24) is 14.5 Å². The monoisotopic (exact) mass is 394 g/mol. The summed E-state index contributed by atoms with van der Waals surface area (Å²) in [7, 11) is 2.15. The first kappa shape index (κ1) is 19.9. The Kier molecular flexibility index (Phi) is 5.34. The van der Waals surface area contributed by atoms with Gasteiger partial charge in [-0.1, -0.05) is 6.07 Å². The third-order valence-electron chi connectivity index (χ3n) is 5.45.